The third-order valence-corrected chi connectivity index (χ3v) is 4.35. The number of nitro benzene ring substituents is 1. The van der Waals surface area contributed by atoms with Crippen molar-refractivity contribution in [1.29, 1.82) is 0 Å². The highest BCUT2D eigenvalue weighted by Gasteiger charge is 2.08. The molecule has 27 heavy (non-hydrogen) atoms. The standard InChI is InChI=1S/C19H18N4O3S/c1-2-11-26-17-9-3-14(4-10-17)12-20-22-19-21-18(13-27-19)15-5-7-16(8-6-15)23(24)25/h3-10,12-13H,2,11H2,1H3,(H,21,22)/b20-12+. The second-order valence-electron chi connectivity index (χ2n) is 5.63. The summed E-state index contributed by atoms with van der Waals surface area (Å²) in [7, 11) is 0. The second kappa shape index (κ2) is 8.91. The number of hydrogen-bond donors (Lipinski definition) is 1. The number of hydrogen-bond acceptors (Lipinski definition) is 7. The molecule has 0 spiro atoms. The lowest BCUT2D eigenvalue weighted by Gasteiger charge is -2.03. The lowest BCUT2D eigenvalue weighted by atomic mass is 10.1. The Balaban J connectivity index is 1.59. The van der Waals surface area contributed by atoms with Crippen LogP contribution in [0.5, 0.6) is 5.75 Å². The summed E-state index contributed by atoms with van der Waals surface area (Å²) in [5.41, 5.74) is 5.46. The highest BCUT2D eigenvalue weighted by Crippen LogP contribution is 2.26. The highest BCUT2D eigenvalue weighted by molar-refractivity contribution is 7.14. The number of non-ortho nitro benzene ring substituents is 1. The van der Waals surface area contributed by atoms with Gasteiger partial charge in [-0.3, -0.25) is 15.5 Å². The maximum Gasteiger partial charge on any atom is 0.269 e. The molecule has 0 aliphatic carbocycles. The van der Waals surface area contributed by atoms with E-state index < -0.39 is 4.92 Å². The summed E-state index contributed by atoms with van der Waals surface area (Å²) < 4.78 is 5.54. The fraction of sp³-hybridized carbons (Fsp3) is 0.158. The zero-order valence-electron chi connectivity index (χ0n) is 14.7. The lowest BCUT2D eigenvalue weighted by molar-refractivity contribution is -0.384. The molecule has 8 heteroatoms. The summed E-state index contributed by atoms with van der Waals surface area (Å²) in [6, 6.07) is 14.0. The van der Waals surface area contributed by atoms with Gasteiger partial charge in [0, 0.05) is 23.1 Å². The number of anilines is 1. The predicted molar refractivity (Wildman–Crippen MR) is 108 cm³/mol. The zero-order valence-corrected chi connectivity index (χ0v) is 15.5. The van der Waals surface area contributed by atoms with Gasteiger partial charge in [0.2, 0.25) is 5.13 Å². The Morgan fingerprint density at radius 2 is 1.96 bits per heavy atom. The molecule has 3 rings (SSSR count). The summed E-state index contributed by atoms with van der Waals surface area (Å²) in [6.07, 6.45) is 2.68. The van der Waals surface area contributed by atoms with Gasteiger partial charge in [-0.2, -0.15) is 5.10 Å². The van der Waals surface area contributed by atoms with E-state index in [9.17, 15) is 10.1 Å². The molecule has 0 aliphatic heterocycles. The highest BCUT2D eigenvalue weighted by atomic mass is 32.1. The Morgan fingerprint density at radius 3 is 2.63 bits per heavy atom. The van der Waals surface area contributed by atoms with Crippen molar-refractivity contribution < 1.29 is 9.66 Å². The van der Waals surface area contributed by atoms with E-state index in [0.717, 1.165) is 29.0 Å². The van der Waals surface area contributed by atoms with Gasteiger partial charge < -0.3 is 4.74 Å². The molecule has 138 valence electrons. The van der Waals surface area contributed by atoms with Crippen molar-refractivity contribution in [3.63, 3.8) is 0 Å². The first-order valence-electron chi connectivity index (χ1n) is 8.38. The molecular formula is C19H18N4O3S. The van der Waals surface area contributed by atoms with E-state index in [-0.39, 0.29) is 5.69 Å². The van der Waals surface area contributed by atoms with Crippen LogP contribution in [0.3, 0.4) is 0 Å². The van der Waals surface area contributed by atoms with Gasteiger partial charge in [0.25, 0.3) is 5.69 Å². The Labute approximate surface area is 160 Å². The van der Waals surface area contributed by atoms with Gasteiger partial charge >= 0.3 is 0 Å². The first-order chi connectivity index (χ1) is 13.2. The van der Waals surface area contributed by atoms with Crippen LogP contribution in [0.4, 0.5) is 10.8 Å². The molecule has 0 unspecified atom stereocenters. The van der Waals surface area contributed by atoms with Crippen molar-refractivity contribution in [2.24, 2.45) is 5.10 Å². The fourth-order valence-electron chi connectivity index (χ4n) is 2.24. The molecule has 3 aromatic rings. The normalized spacial score (nSPS) is 10.9. The molecule has 0 aliphatic rings. The largest absolute Gasteiger partial charge is 0.494 e. The molecule has 7 nitrogen and oxygen atoms in total. The summed E-state index contributed by atoms with van der Waals surface area (Å²) in [5.74, 6) is 0.842. The van der Waals surface area contributed by atoms with Gasteiger partial charge in [-0.15, -0.1) is 11.3 Å². The Hall–Kier alpha value is -3.26. The molecule has 0 bridgehead atoms. The first-order valence-corrected chi connectivity index (χ1v) is 9.26. The Morgan fingerprint density at radius 1 is 1.22 bits per heavy atom. The molecule has 0 saturated carbocycles. The minimum Gasteiger partial charge on any atom is -0.494 e. The van der Waals surface area contributed by atoms with Gasteiger partial charge in [-0.1, -0.05) is 6.92 Å². The molecule has 1 aromatic heterocycles. The lowest BCUT2D eigenvalue weighted by Crippen LogP contribution is -1.95. The molecule has 2 aromatic carbocycles. The zero-order chi connectivity index (χ0) is 19.1. The molecule has 1 heterocycles. The van der Waals surface area contributed by atoms with Crippen LogP contribution in [0.25, 0.3) is 11.3 Å². The molecular weight excluding hydrogens is 364 g/mol. The maximum atomic E-state index is 10.7. The predicted octanol–water partition coefficient (Wildman–Crippen LogP) is 4.95. The number of nitrogens with one attached hydrogen (secondary N) is 1. The summed E-state index contributed by atoms with van der Waals surface area (Å²) >= 11 is 1.41. The van der Waals surface area contributed by atoms with E-state index >= 15 is 0 Å². The quantitative estimate of drug-likeness (QED) is 0.338. The van der Waals surface area contributed by atoms with Gasteiger partial charge in [0.1, 0.15) is 5.75 Å². The number of nitro groups is 1. The van der Waals surface area contributed by atoms with Crippen molar-refractivity contribution in [3.05, 3.63) is 69.6 Å². The molecule has 1 N–H and O–H groups in total. The molecule has 0 atom stereocenters. The average molecular weight is 382 g/mol. The van der Waals surface area contributed by atoms with Crippen molar-refractivity contribution in [1.82, 2.24) is 4.98 Å². The van der Waals surface area contributed by atoms with Gasteiger partial charge in [0.15, 0.2) is 0 Å². The maximum absolute atomic E-state index is 10.7. The van der Waals surface area contributed by atoms with Crippen LogP contribution in [0.15, 0.2) is 59.0 Å². The molecule has 0 fully saturated rings. The Bertz CT molecular complexity index is 921. The van der Waals surface area contributed by atoms with E-state index in [0.29, 0.717) is 11.7 Å². The van der Waals surface area contributed by atoms with Crippen LogP contribution in [-0.2, 0) is 0 Å². The van der Waals surface area contributed by atoms with Crippen LogP contribution in [-0.4, -0.2) is 22.7 Å². The number of benzene rings is 2. The molecule has 0 amide bonds. The van der Waals surface area contributed by atoms with E-state index in [4.69, 9.17) is 4.74 Å². The topological polar surface area (TPSA) is 89.7 Å². The third-order valence-electron chi connectivity index (χ3n) is 3.60. The number of thiazole rings is 1. The van der Waals surface area contributed by atoms with Gasteiger partial charge in [-0.05, 0) is 48.4 Å². The average Bonchev–Trinajstić information content (AvgIpc) is 3.16. The minimum atomic E-state index is -0.422. The van der Waals surface area contributed by atoms with Crippen molar-refractivity contribution >= 4 is 28.4 Å². The summed E-state index contributed by atoms with van der Waals surface area (Å²) in [6.45, 7) is 2.77. The smallest absolute Gasteiger partial charge is 0.269 e. The first kappa shape index (κ1) is 18.5. The fourth-order valence-corrected chi connectivity index (χ4v) is 2.91. The number of rotatable bonds is 8. The summed E-state index contributed by atoms with van der Waals surface area (Å²) in [5, 5.41) is 17.4. The van der Waals surface area contributed by atoms with E-state index in [2.05, 4.69) is 22.4 Å². The van der Waals surface area contributed by atoms with Crippen LogP contribution in [0.1, 0.15) is 18.9 Å². The van der Waals surface area contributed by atoms with Crippen LogP contribution >= 0.6 is 11.3 Å². The molecule has 0 saturated heterocycles. The van der Waals surface area contributed by atoms with E-state index in [1.807, 2.05) is 29.6 Å². The van der Waals surface area contributed by atoms with Crippen LogP contribution < -0.4 is 10.2 Å². The molecule has 0 radical (unpaired) electrons. The van der Waals surface area contributed by atoms with Crippen molar-refractivity contribution in [3.8, 4) is 17.0 Å². The van der Waals surface area contributed by atoms with Gasteiger partial charge in [0.05, 0.1) is 23.4 Å². The number of nitrogens with zero attached hydrogens (tertiary/aromatic N) is 3. The van der Waals surface area contributed by atoms with Crippen molar-refractivity contribution in [2.75, 3.05) is 12.0 Å². The minimum absolute atomic E-state index is 0.0584. The monoisotopic (exact) mass is 382 g/mol. The number of aromatic nitrogens is 1. The van der Waals surface area contributed by atoms with Crippen LogP contribution in [0, 0.1) is 10.1 Å². The second-order valence-corrected chi connectivity index (χ2v) is 6.49. The number of ether oxygens (including phenoxy) is 1. The van der Waals surface area contributed by atoms with Gasteiger partial charge in [-0.25, -0.2) is 4.98 Å². The van der Waals surface area contributed by atoms with Crippen molar-refractivity contribution in [2.45, 2.75) is 13.3 Å². The number of hydrazone groups is 1. The SMILES string of the molecule is CCCOc1ccc(/C=N/Nc2nc(-c3ccc([N+](=O)[O-])cc3)cs2)cc1. The van der Waals surface area contributed by atoms with E-state index in [1.165, 1.54) is 23.5 Å². The third kappa shape index (κ3) is 5.11. The Kier molecular flexibility index (Phi) is 6.11. The van der Waals surface area contributed by atoms with E-state index in [1.54, 1.807) is 18.3 Å². The van der Waals surface area contributed by atoms with Crippen LogP contribution in [0.2, 0.25) is 0 Å². The summed E-state index contributed by atoms with van der Waals surface area (Å²) in [4.78, 5) is 14.7.